The summed E-state index contributed by atoms with van der Waals surface area (Å²) in [6, 6.07) is 7.00. The molecule has 0 aliphatic heterocycles. The molecule has 3 aromatic rings. The maximum atomic E-state index is 14.1. The van der Waals surface area contributed by atoms with Gasteiger partial charge in [0.05, 0.1) is 10.3 Å². The summed E-state index contributed by atoms with van der Waals surface area (Å²) in [5, 5.41) is 9.34. The van der Waals surface area contributed by atoms with Crippen molar-refractivity contribution in [1.82, 2.24) is 8.96 Å². The maximum absolute atomic E-state index is 14.1. The molecule has 0 bridgehead atoms. The first kappa shape index (κ1) is 16.1. The Kier molecular flexibility index (Phi) is 3.64. The average Bonchev–Trinajstić information content (AvgIpc) is 2.83. The molecule has 2 heterocycles. The highest BCUT2D eigenvalue weighted by Gasteiger charge is 2.31. The molecule has 6 nitrogen and oxygen atoms in total. The number of hydrogen-bond acceptors (Lipinski definition) is 4. The quantitative estimate of drug-likeness (QED) is 0.786. The Labute approximate surface area is 137 Å². The van der Waals surface area contributed by atoms with E-state index in [-0.39, 0.29) is 21.5 Å². The molecule has 1 N–H and O–H groups in total. The van der Waals surface area contributed by atoms with Gasteiger partial charge in [0, 0.05) is 6.20 Å². The highest BCUT2D eigenvalue weighted by molar-refractivity contribution is 7.90. The number of aromatic nitrogens is 2. The van der Waals surface area contributed by atoms with Crippen LogP contribution in [-0.2, 0) is 10.0 Å². The van der Waals surface area contributed by atoms with Crippen LogP contribution in [0.4, 0.5) is 4.39 Å². The molecule has 24 heavy (non-hydrogen) atoms. The van der Waals surface area contributed by atoms with Crippen LogP contribution in [0.25, 0.3) is 11.0 Å². The molecule has 0 atom stereocenters. The standard InChI is InChI=1S/C16H13FN2O4S/c1-9-3-5-11(6-4-9)24(22,23)19-14(16(20)21)10(2)13-12(17)7-8-18-15(13)19/h3-8H,1-2H3,(H,20,21). The van der Waals surface area contributed by atoms with E-state index in [9.17, 15) is 22.7 Å². The first-order valence-corrected chi connectivity index (χ1v) is 8.40. The van der Waals surface area contributed by atoms with Crippen LogP contribution in [0.2, 0.25) is 0 Å². The summed E-state index contributed by atoms with van der Waals surface area (Å²) in [4.78, 5) is 15.4. The molecule has 0 aliphatic rings. The Hall–Kier alpha value is -2.74. The van der Waals surface area contributed by atoms with Crippen molar-refractivity contribution in [1.29, 1.82) is 0 Å². The number of nitrogens with zero attached hydrogens (tertiary/aromatic N) is 2. The largest absolute Gasteiger partial charge is 0.477 e. The molecular formula is C16H13FN2O4S. The molecule has 1 aromatic carbocycles. The Morgan fingerprint density at radius 2 is 1.79 bits per heavy atom. The molecule has 0 spiro atoms. The zero-order chi connectivity index (χ0) is 17.6. The van der Waals surface area contributed by atoms with E-state index in [1.807, 2.05) is 0 Å². The molecule has 0 saturated heterocycles. The smallest absolute Gasteiger partial charge is 0.353 e. The molecule has 124 valence electrons. The first-order valence-electron chi connectivity index (χ1n) is 6.96. The van der Waals surface area contributed by atoms with Crippen molar-refractivity contribution in [2.24, 2.45) is 0 Å². The third kappa shape index (κ3) is 2.26. The van der Waals surface area contributed by atoms with Crippen LogP contribution >= 0.6 is 0 Å². The number of hydrogen-bond donors (Lipinski definition) is 1. The molecule has 0 aliphatic carbocycles. The van der Waals surface area contributed by atoms with Crippen molar-refractivity contribution in [3.05, 3.63) is 59.2 Å². The summed E-state index contributed by atoms with van der Waals surface area (Å²) in [7, 11) is -4.25. The second-order valence-corrected chi connectivity index (χ2v) is 7.14. The van der Waals surface area contributed by atoms with Gasteiger partial charge in [-0.15, -0.1) is 0 Å². The molecule has 8 heteroatoms. The fraction of sp³-hybridized carbons (Fsp3) is 0.125. The van der Waals surface area contributed by atoms with Gasteiger partial charge in [0.1, 0.15) is 11.5 Å². The molecule has 0 unspecified atom stereocenters. The third-order valence-electron chi connectivity index (χ3n) is 3.77. The SMILES string of the molecule is Cc1ccc(S(=O)(=O)n2c(C(=O)O)c(C)c3c(F)ccnc32)cc1. The highest BCUT2D eigenvalue weighted by atomic mass is 32.2. The lowest BCUT2D eigenvalue weighted by Crippen LogP contribution is -2.19. The first-order chi connectivity index (χ1) is 11.2. The van der Waals surface area contributed by atoms with Crippen molar-refractivity contribution >= 4 is 27.0 Å². The van der Waals surface area contributed by atoms with Crippen LogP contribution in [0.5, 0.6) is 0 Å². The van der Waals surface area contributed by atoms with Crippen LogP contribution in [0.3, 0.4) is 0 Å². The van der Waals surface area contributed by atoms with Crippen LogP contribution in [0, 0.1) is 19.7 Å². The number of aromatic carboxylic acids is 1. The third-order valence-corrected chi connectivity index (χ3v) is 5.47. The van der Waals surface area contributed by atoms with Gasteiger partial charge >= 0.3 is 5.97 Å². The lowest BCUT2D eigenvalue weighted by molar-refractivity contribution is 0.0688. The minimum atomic E-state index is -4.25. The maximum Gasteiger partial charge on any atom is 0.353 e. The Balaban J connectivity index is 2.45. The van der Waals surface area contributed by atoms with Crippen LogP contribution in [-0.4, -0.2) is 28.5 Å². The van der Waals surface area contributed by atoms with E-state index < -0.39 is 27.5 Å². The molecular weight excluding hydrogens is 335 g/mol. The van der Waals surface area contributed by atoms with Gasteiger partial charge in [-0.25, -0.2) is 26.6 Å². The van der Waals surface area contributed by atoms with Crippen molar-refractivity contribution in [2.45, 2.75) is 18.7 Å². The van der Waals surface area contributed by atoms with Gasteiger partial charge < -0.3 is 5.11 Å². The topological polar surface area (TPSA) is 89.3 Å². The Morgan fingerprint density at radius 1 is 1.17 bits per heavy atom. The van der Waals surface area contributed by atoms with E-state index in [2.05, 4.69) is 4.98 Å². The van der Waals surface area contributed by atoms with Crippen molar-refractivity contribution in [3.63, 3.8) is 0 Å². The van der Waals surface area contributed by atoms with Crippen molar-refractivity contribution in [3.8, 4) is 0 Å². The summed E-state index contributed by atoms with van der Waals surface area (Å²) in [6.07, 6.45) is 1.10. The van der Waals surface area contributed by atoms with Gasteiger partial charge in [0.2, 0.25) is 0 Å². The number of benzene rings is 1. The Morgan fingerprint density at radius 3 is 2.38 bits per heavy atom. The highest BCUT2D eigenvalue weighted by Crippen LogP contribution is 2.30. The fourth-order valence-electron chi connectivity index (χ4n) is 2.60. The number of carboxylic acid groups (broad SMARTS) is 1. The van der Waals surface area contributed by atoms with E-state index in [0.717, 1.165) is 17.8 Å². The number of fused-ring (bicyclic) bond motifs is 1. The van der Waals surface area contributed by atoms with E-state index >= 15 is 0 Å². The summed E-state index contributed by atoms with van der Waals surface area (Å²) >= 11 is 0. The van der Waals surface area contributed by atoms with Crippen LogP contribution in [0.1, 0.15) is 21.6 Å². The van der Waals surface area contributed by atoms with Crippen LogP contribution < -0.4 is 0 Å². The zero-order valence-electron chi connectivity index (χ0n) is 12.8. The van der Waals surface area contributed by atoms with E-state index in [4.69, 9.17) is 0 Å². The number of halogens is 1. The number of pyridine rings is 1. The van der Waals surface area contributed by atoms with Gasteiger partial charge in [-0.1, -0.05) is 17.7 Å². The average molecular weight is 348 g/mol. The van der Waals surface area contributed by atoms with E-state index in [1.165, 1.54) is 19.1 Å². The molecule has 0 radical (unpaired) electrons. The van der Waals surface area contributed by atoms with Crippen LogP contribution in [0.15, 0.2) is 41.4 Å². The zero-order valence-corrected chi connectivity index (χ0v) is 13.6. The van der Waals surface area contributed by atoms with Crippen molar-refractivity contribution in [2.75, 3.05) is 0 Å². The monoisotopic (exact) mass is 348 g/mol. The second-order valence-electron chi connectivity index (χ2n) is 5.35. The molecule has 3 rings (SSSR count). The second kappa shape index (κ2) is 5.41. The number of rotatable bonds is 3. The summed E-state index contributed by atoms with van der Waals surface area (Å²) in [5.41, 5.74) is 0.0950. The molecule has 0 saturated carbocycles. The number of carbonyl (C=O) groups is 1. The number of carboxylic acids is 1. The van der Waals surface area contributed by atoms with E-state index in [1.54, 1.807) is 19.1 Å². The molecule has 2 aromatic heterocycles. The molecule has 0 amide bonds. The normalized spacial score (nSPS) is 11.8. The fourth-order valence-corrected chi connectivity index (χ4v) is 4.11. The molecule has 0 fully saturated rings. The van der Waals surface area contributed by atoms with Gasteiger partial charge in [0.15, 0.2) is 5.65 Å². The summed E-state index contributed by atoms with van der Waals surface area (Å²) in [5.74, 6) is -2.20. The van der Waals surface area contributed by atoms with Gasteiger partial charge in [-0.2, -0.15) is 0 Å². The van der Waals surface area contributed by atoms with Gasteiger partial charge in [-0.3, -0.25) is 0 Å². The summed E-state index contributed by atoms with van der Waals surface area (Å²) < 4.78 is 40.6. The van der Waals surface area contributed by atoms with E-state index in [0.29, 0.717) is 3.97 Å². The number of aryl methyl sites for hydroxylation is 2. The Bertz CT molecular complexity index is 1070. The predicted molar refractivity (Wildman–Crippen MR) is 85.2 cm³/mol. The summed E-state index contributed by atoms with van der Waals surface area (Å²) in [6.45, 7) is 3.16. The lowest BCUT2D eigenvalue weighted by atomic mass is 10.2. The van der Waals surface area contributed by atoms with Gasteiger partial charge in [0.25, 0.3) is 10.0 Å². The predicted octanol–water partition coefficient (Wildman–Crippen LogP) is 2.73. The van der Waals surface area contributed by atoms with Gasteiger partial charge in [-0.05, 0) is 37.6 Å². The minimum Gasteiger partial charge on any atom is -0.477 e. The van der Waals surface area contributed by atoms with Crippen molar-refractivity contribution < 1.29 is 22.7 Å². The lowest BCUT2D eigenvalue weighted by Gasteiger charge is -2.10. The minimum absolute atomic E-state index is 0.0128.